The summed E-state index contributed by atoms with van der Waals surface area (Å²) < 4.78 is 11.3. The number of aliphatic hydroxyl groups is 1. The minimum absolute atomic E-state index is 0.130. The lowest BCUT2D eigenvalue weighted by molar-refractivity contribution is -0.0101. The van der Waals surface area contributed by atoms with Gasteiger partial charge >= 0.3 is 6.01 Å². The topological polar surface area (TPSA) is 80.6 Å². The van der Waals surface area contributed by atoms with Crippen LogP contribution in [0.5, 0.6) is 11.9 Å². The van der Waals surface area contributed by atoms with E-state index in [1.807, 2.05) is 26.1 Å². The molecule has 7 heteroatoms. The highest BCUT2D eigenvalue weighted by molar-refractivity contribution is 5.78. The van der Waals surface area contributed by atoms with Crippen molar-refractivity contribution in [2.24, 2.45) is 11.8 Å². The molecule has 1 saturated carbocycles. The van der Waals surface area contributed by atoms with E-state index >= 15 is 0 Å². The zero-order valence-corrected chi connectivity index (χ0v) is 18.7. The largest absolute Gasteiger partial charge is 0.478 e. The molecule has 0 amide bonds. The summed E-state index contributed by atoms with van der Waals surface area (Å²) in [7, 11) is 0. The first-order valence-electron chi connectivity index (χ1n) is 11.5. The predicted octanol–water partition coefficient (Wildman–Crippen LogP) is 3.55. The van der Waals surface area contributed by atoms with Gasteiger partial charge < -0.3 is 14.6 Å². The van der Waals surface area contributed by atoms with Crippen LogP contribution in [0.3, 0.4) is 0 Å². The van der Waals surface area contributed by atoms with Gasteiger partial charge in [-0.05, 0) is 56.4 Å². The van der Waals surface area contributed by atoms with Gasteiger partial charge in [-0.25, -0.2) is 4.98 Å². The van der Waals surface area contributed by atoms with E-state index in [1.54, 1.807) is 6.20 Å². The third-order valence-electron chi connectivity index (χ3n) is 6.85. The van der Waals surface area contributed by atoms with E-state index in [0.29, 0.717) is 37.0 Å². The fraction of sp³-hybridized carbons (Fsp3) is 0.480. The normalized spacial score (nSPS) is 25.2. The van der Waals surface area contributed by atoms with Gasteiger partial charge in [-0.3, -0.25) is 9.88 Å². The van der Waals surface area contributed by atoms with Crippen LogP contribution in [0.15, 0.2) is 42.7 Å². The molecule has 7 nitrogen and oxygen atoms in total. The summed E-state index contributed by atoms with van der Waals surface area (Å²) >= 11 is 0. The Labute approximate surface area is 188 Å². The van der Waals surface area contributed by atoms with E-state index in [4.69, 9.17) is 9.47 Å². The lowest BCUT2D eigenvalue weighted by Crippen LogP contribution is -2.35. The Bertz CT molecular complexity index is 1110. The Kier molecular flexibility index (Phi) is 5.69. The summed E-state index contributed by atoms with van der Waals surface area (Å²) in [6.07, 6.45) is 5.21. The van der Waals surface area contributed by atoms with Crippen molar-refractivity contribution in [3.8, 4) is 11.9 Å². The van der Waals surface area contributed by atoms with Crippen LogP contribution in [0, 0.1) is 11.8 Å². The molecule has 2 aliphatic rings. The maximum absolute atomic E-state index is 11.9. The van der Waals surface area contributed by atoms with Crippen molar-refractivity contribution in [3.63, 3.8) is 0 Å². The first-order chi connectivity index (χ1) is 15.6. The van der Waals surface area contributed by atoms with Crippen molar-refractivity contribution >= 4 is 10.9 Å². The standard InChI is InChI=1S/C25H30N4O3/c1-3-31-23-20(13-27-24(28-23)32-4-2)25(30)10-9-19-15-29(16-21(19)25)14-17-7-8-22-18(12-17)6-5-11-26-22/h5-8,11-13,19,21,30H,3-4,9-10,14-16H2,1-2H3/t19-,21+,25+/m0/s1. The number of fused-ring (bicyclic) bond motifs is 2. The molecule has 1 aliphatic carbocycles. The third kappa shape index (κ3) is 3.80. The Morgan fingerprint density at radius 3 is 2.84 bits per heavy atom. The molecule has 1 aromatic carbocycles. The minimum atomic E-state index is -0.984. The second-order valence-corrected chi connectivity index (χ2v) is 8.79. The molecule has 1 saturated heterocycles. The fourth-order valence-corrected chi connectivity index (χ4v) is 5.42. The molecular formula is C25H30N4O3. The van der Waals surface area contributed by atoms with Gasteiger partial charge in [0.05, 0.1) is 24.3 Å². The van der Waals surface area contributed by atoms with Crippen LogP contribution in [0.4, 0.5) is 0 Å². The van der Waals surface area contributed by atoms with Gasteiger partial charge in [-0.15, -0.1) is 0 Å². The van der Waals surface area contributed by atoms with Crippen LogP contribution in [0.1, 0.15) is 37.8 Å². The molecule has 1 aliphatic heterocycles. The number of aromatic nitrogens is 3. The Morgan fingerprint density at radius 1 is 1.12 bits per heavy atom. The fourth-order valence-electron chi connectivity index (χ4n) is 5.42. The maximum Gasteiger partial charge on any atom is 0.319 e. The highest BCUT2D eigenvalue weighted by Crippen LogP contribution is 2.52. The summed E-state index contributed by atoms with van der Waals surface area (Å²) in [6, 6.07) is 10.8. The monoisotopic (exact) mass is 434 g/mol. The molecule has 3 aromatic rings. The molecule has 32 heavy (non-hydrogen) atoms. The molecule has 0 unspecified atom stereocenters. The molecule has 2 fully saturated rings. The molecular weight excluding hydrogens is 404 g/mol. The average molecular weight is 435 g/mol. The zero-order valence-electron chi connectivity index (χ0n) is 18.7. The van der Waals surface area contributed by atoms with E-state index in [-0.39, 0.29) is 11.9 Å². The lowest BCUT2D eigenvalue weighted by Gasteiger charge is -2.31. The number of pyridine rings is 1. The smallest absolute Gasteiger partial charge is 0.319 e. The summed E-state index contributed by atoms with van der Waals surface area (Å²) in [5, 5.41) is 13.0. The predicted molar refractivity (Wildman–Crippen MR) is 122 cm³/mol. The Hall–Kier alpha value is -2.77. The van der Waals surface area contributed by atoms with E-state index < -0.39 is 5.60 Å². The summed E-state index contributed by atoms with van der Waals surface area (Å²) in [5.74, 6) is 1.02. The number of nitrogens with zero attached hydrogens (tertiary/aromatic N) is 4. The third-order valence-corrected chi connectivity index (χ3v) is 6.85. The number of likely N-dealkylation sites (tertiary alicyclic amines) is 1. The highest BCUT2D eigenvalue weighted by Gasteiger charge is 2.53. The molecule has 3 heterocycles. The second kappa shape index (κ2) is 8.64. The van der Waals surface area contributed by atoms with Crippen molar-refractivity contribution < 1.29 is 14.6 Å². The van der Waals surface area contributed by atoms with Gasteiger partial charge in [-0.2, -0.15) is 4.98 Å². The molecule has 3 atom stereocenters. The number of hydrogen-bond donors (Lipinski definition) is 1. The van der Waals surface area contributed by atoms with Gasteiger partial charge in [0.2, 0.25) is 5.88 Å². The first-order valence-corrected chi connectivity index (χ1v) is 11.5. The second-order valence-electron chi connectivity index (χ2n) is 8.79. The summed E-state index contributed by atoms with van der Waals surface area (Å²) in [4.78, 5) is 15.6. The highest BCUT2D eigenvalue weighted by atomic mass is 16.5. The Morgan fingerprint density at radius 2 is 2.00 bits per heavy atom. The zero-order chi connectivity index (χ0) is 22.1. The molecule has 5 rings (SSSR count). The lowest BCUT2D eigenvalue weighted by atomic mass is 9.83. The number of ether oxygens (including phenoxy) is 2. The van der Waals surface area contributed by atoms with Gasteiger partial charge in [0.15, 0.2) is 0 Å². The van der Waals surface area contributed by atoms with Crippen molar-refractivity contribution in [1.29, 1.82) is 0 Å². The van der Waals surface area contributed by atoms with Crippen LogP contribution in [0.25, 0.3) is 10.9 Å². The Balaban J connectivity index is 1.36. The molecule has 168 valence electrons. The summed E-state index contributed by atoms with van der Waals surface area (Å²) in [6.45, 7) is 7.47. The van der Waals surface area contributed by atoms with Crippen molar-refractivity contribution in [2.75, 3.05) is 26.3 Å². The molecule has 1 N–H and O–H groups in total. The summed E-state index contributed by atoms with van der Waals surface area (Å²) in [5.41, 5.74) is 1.99. The molecule has 0 bridgehead atoms. The van der Waals surface area contributed by atoms with Crippen LogP contribution >= 0.6 is 0 Å². The molecule has 2 aromatic heterocycles. The SMILES string of the molecule is CCOc1ncc([C@]2(O)CC[C@H]3CN(Cc4ccc5ncccc5c4)C[C@H]32)c(OCC)n1. The van der Waals surface area contributed by atoms with Crippen molar-refractivity contribution in [3.05, 3.63) is 53.9 Å². The quantitative estimate of drug-likeness (QED) is 0.609. The van der Waals surface area contributed by atoms with Crippen molar-refractivity contribution in [2.45, 2.75) is 38.8 Å². The van der Waals surface area contributed by atoms with Crippen LogP contribution < -0.4 is 9.47 Å². The van der Waals surface area contributed by atoms with Crippen LogP contribution in [0.2, 0.25) is 0 Å². The van der Waals surface area contributed by atoms with E-state index in [0.717, 1.165) is 37.0 Å². The first kappa shape index (κ1) is 21.1. The van der Waals surface area contributed by atoms with E-state index in [9.17, 15) is 5.11 Å². The van der Waals surface area contributed by atoms with Crippen LogP contribution in [-0.2, 0) is 12.1 Å². The van der Waals surface area contributed by atoms with E-state index in [1.165, 1.54) is 5.56 Å². The van der Waals surface area contributed by atoms with Crippen molar-refractivity contribution in [1.82, 2.24) is 19.9 Å². The molecule has 0 spiro atoms. The molecule has 0 radical (unpaired) electrons. The minimum Gasteiger partial charge on any atom is -0.478 e. The van der Waals surface area contributed by atoms with Gasteiger partial charge in [0.1, 0.15) is 5.60 Å². The maximum atomic E-state index is 11.9. The van der Waals surface area contributed by atoms with Gasteiger partial charge in [0, 0.05) is 43.3 Å². The van der Waals surface area contributed by atoms with E-state index in [2.05, 4.69) is 44.1 Å². The number of rotatable bonds is 7. The van der Waals surface area contributed by atoms with Crippen LogP contribution in [-0.4, -0.2) is 51.3 Å². The average Bonchev–Trinajstić information content (AvgIpc) is 3.34. The number of benzene rings is 1. The van der Waals surface area contributed by atoms with Gasteiger partial charge in [-0.1, -0.05) is 12.1 Å². The van der Waals surface area contributed by atoms with Gasteiger partial charge in [0.25, 0.3) is 0 Å². The number of hydrogen-bond acceptors (Lipinski definition) is 7.